The molecule has 1 aromatic carbocycles. The fourth-order valence-corrected chi connectivity index (χ4v) is 3.09. The molecule has 2 heterocycles. The summed E-state index contributed by atoms with van der Waals surface area (Å²) in [7, 11) is 0. The highest BCUT2D eigenvalue weighted by Crippen LogP contribution is 2.21. The number of nitrogens with zero attached hydrogens (tertiary/aromatic N) is 2. The average molecular weight is 414 g/mol. The standard InChI is InChI=1S/C23H31N3O4/c1-23(2,3)30-22(27)26-19-11-9-17(10-12-19)18-15-24-20(25-16-18)7-6-14-29-21-8-4-5-13-28-21/h9-12,15-16,21H,4-8,13-14H2,1-3H3,(H,26,27). The molecule has 1 aliphatic rings. The van der Waals surface area contributed by atoms with Crippen LogP contribution < -0.4 is 5.32 Å². The van der Waals surface area contributed by atoms with Crippen LogP contribution in [0.15, 0.2) is 36.7 Å². The summed E-state index contributed by atoms with van der Waals surface area (Å²) in [5.74, 6) is 0.801. The number of benzene rings is 1. The predicted molar refractivity (Wildman–Crippen MR) is 115 cm³/mol. The predicted octanol–water partition coefficient (Wildman–Crippen LogP) is 4.97. The topological polar surface area (TPSA) is 82.6 Å². The quantitative estimate of drug-likeness (QED) is 0.646. The van der Waals surface area contributed by atoms with Gasteiger partial charge in [-0.3, -0.25) is 5.32 Å². The highest BCUT2D eigenvalue weighted by molar-refractivity contribution is 5.85. The van der Waals surface area contributed by atoms with Crippen LogP contribution in [0.5, 0.6) is 0 Å². The molecule has 1 amide bonds. The van der Waals surface area contributed by atoms with Crippen LogP contribution in [-0.2, 0) is 20.6 Å². The molecule has 7 nitrogen and oxygen atoms in total. The summed E-state index contributed by atoms with van der Waals surface area (Å²) >= 11 is 0. The van der Waals surface area contributed by atoms with Crippen molar-refractivity contribution in [1.29, 1.82) is 0 Å². The minimum Gasteiger partial charge on any atom is -0.444 e. The van der Waals surface area contributed by atoms with Gasteiger partial charge in [0.15, 0.2) is 6.29 Å². The van der Waals surface area contributed by atoms with E-state index in [4.69, 9.17) is 14.2 Å². The minimum atomic E-state index is -0.529. The smallest absolute Gasteiger partial charge is 0.412 e. The zero-order valence-electron chi connectivity index (χ0n) is 18.0. The van der Waals surface area contributed by atoms with E-state index in [2.05, 4.69) is 15.3 Å². The van der Waals surface area contributed by atoms with Gasteiger partial charge in [0, 0.05) is 36.7 Å². The van der Waals surface area contributed by atoms with Gasteiger partial charge in [-0.05, 0) is 64.2 Å². The second-order valence-electron chi connectivity index (χ2n) is 8.36. The van der Waals surface area contributed by atoms with Crippen molar-refractivity contribution in [1.82, 2.24) is 9.97 Å². The zero-order valence-corrected chi connectivity index (χ0v) is 18.0. The molecule has 0 saturated carbocycles. The second-order valence-corrected chi connectivity index (χ2v) is 8.36. The van der Waals surface area contributed by atoms with E-state index in [0.29, 0.717) is 12.3 Å². The van der Waals surface area contributed by atoms with Gasteiger partial charge in [0.1, 0.15) is 11.4 Å². The maximum Gasteiger partial charge on any atom is 0.412 e. The molecule has 1 saturated heterocycles. The van der Waals surface area contributed by atoms with E-state index in [1.807, 2.05) is 57.4 Å². The first kappa shape index (κ1) is 22.2. The molecule has 0 radical (unpaired) electrons. The molecule has 1 aromatic heterocycles. The van der Waals surface area contributed by atoms with Crippen LogP contribution >= 0.6 is 0 Å². The number of anilines is 1. The monoisotopic (exact) mass is 413 g/mol. The van der Waals surface area contributed by atoms with Gasteiger partial charge in [-0.1, -0.05) is 12.1 Å². The van der Waals surface area contributed by atoms with Crippen molar-refractivity contribution in [2.75, 3.05) is 18.5 Å². The first-order valence-electron chi connectivity index (χ1n) is 10.5. The SMILES string of the molecule is CC(C)(C)OC(=O)Nc1ccc(-c2cnc(CCCOC3CCCCO3)nc2)cc1. The van der Waals surface area contributed by atoms with Crippen LogP contribution in [0.25, 0.3) is 11.1 Å². The molecule has 0 bridgehead atoms. The first-order chi connectivity index (χ1) is 14.4. The van der Waals surface area contributed by atoms with Crippen molar-refractivity contribution in [2.45, 2.75) is 64.8 Å². The number of carbonyl (C=O) groups excluding carboxylic acids is 1. The fourth-order valence-electron chi connectivity index (χ4n) is 3.09. The maximum absolute atomic E-state index is 11.8. The largest absolute Gasteiger partial charge is 0.444 e. The maximum atomic E-state index is 11.8. The van der Waals surface area contributed by atoms with Gasteiger partial charge >= 0.3 is 6.09 Å². The van der Waals surface area contributed by atoms with Crippen molar-refractivity contribution in [3.05, 3.63) is 42.5 Å². The van der Waals surface area contributed by atoms with Gasteiger partial charge in [-0.15, -0.1) is 0 Å². The fraction of sp³-hybridized carbons (Fsp3) is 0.522. The number of rotatable bonds is 7. The molecule has 162 valence electrons. The number of aryl methyl sites for hydroxylation is 1. The molecule has 7 heteroatoms. The van der Waals surface area contributed by atoms with Crippen LogP contribution in [0, 0.1) is 0 Å². The third-order valence-electron chi connectivity index (χ3n) is 4.56. The van der Waals surface area contributed by atoms with Gasteiger partial charge < -0.3 is 14.2 Å². The molecule has 0 aliphatic carbocycles. The Morgan fingerprint density at radius 3 is 2.50 bits per heavy atom. The highest BCUT2D eigenvalue weighted by Gasteiger charge is 2.16. The van der Waals surface area contributed by atoms with Gasteiger partial charge in [-0.2, -0.15) is 0 Å². The van der Waals surface area contributed by atoms with Crippen LogP contribution in [0.2, 0.25) is 0 Å². The minimum absolute atomic E-state index is 0.0465. The van der Waals surface area contributed by atoms with Crippen molar-refractivity contribution in [2.24, 2.45) is 0 Å². The van der Waals surface area contributed by atoms with Crippen molar-refractivity contribution >= 4 is 11.8 Å². The normalized spacial score (nSPS) is 16.8. The van der Waals surface area contributed by atoms with E-state index in [0.717, 1.165) is 49.2 Å². The summed E-state index contributed by atoms with van der Waals surface area (Å²) in [5, 5.41) is 2.73. The summed E-state index contributed by atoms with van der Waals surface area (Å²) in [6, 6.07) is 7.50. The number of nitrogens with one attached hydrogen (secondary N) is 1. The summed E-state index contributed by atoms with van der Waals surface area (Å²) in [4.78, 5) is 20.8. The van der Waals surface area contributed by atoms with Crippen LogP contribution in [-0.4, -0.2) is 41.2 Å². The lowest BCUT2D eigenvalue weighted by Crippen LogP contribution is -2.27. The number of aromatic nitrogens is 2. The lowest BCUT2D eigenvalue weighted by Gasteiger charge is -2.22. The molecule has 2 aromatic rings. The Labute approximate surface area is 178 Å². The Morgan fingerprint density at radius 1 is 1.13 bits per heavy atom. The van der Waals surface area contributed by atoms with E-state index in [1.54, 1.807) is 0 Å². The Morgan fingerprint density at radius 2 is 1.87 bits per heavy atom. The van der Waals surface area contributed by atoms with E-state index >= 15 is 0 Å². The van der Waals surface area contributed by atoms with Crippen LogP contribution in [0.3, 0.4) is 0 Å². The molecule has 1 unspecified atom stereocenters. The zero-order chi connectivity index (χ0) is 21.4. The molecular weight excluding hydrogens is 382 g/mol. The van der Waals surface area contributed by atoms with E-state index in [-0.39, 0.29) is 6.29 Å². The number of hydrogen-bond donors (Lipinski definition) is 1. The number of amides is 1. The summed E-state index contributed by atoms with van der Waals surface area (Å²) in [5.41, 5.74) is 2.05. The van der Waals surface area contributed by atoms with Gasteiger partial charge in [0.2, 0.25) is 0 Å². The van der Waals surface area contributed by atoms with Crippen molar-refractivity contribution in [3.63, 3.8) is 0 Å². The van der Waals surface area contributed by atoms with E-state index in [9.17, 15) is 4.79 Å². The number of carbonyl (C=O) groups is 1. The molecule has 1 N–H and O–H groups in total. The molecule has 0 spiro atoms. The Kier molecular flexibility index (Phi) is 7.76. The lowest BCUT2D eigenvalue weighted by molar-refractivity contribution is -0.162. The molecular formula is C23H31N3O4. The molecule has 30 heavy (non-hydrogen) atoms. The third-order valence-corrected chi connectivity index (χ3v) is 4.56. The van der Waals surface area contributed by atoms with Gasteiger partial charge in [0.25, 0.3) is 0 Å². The molecule has 1 fully saturated rings. The Bertz CT molecular complexity index is 795. The van der Waals surface area contributed by atoms with Gasteiger partial charge in [-0.25, -0.2) is 14.8 Å². The molecule has 1 aliphatic heterocycles. The highest BCUT2D eigenvalue weighted by atomic mass is 16.7. The van der Waals surface area contributed by atoms with Gasteiger partial charge in [0.05, 0.1) is 6.61 Å². The summed E-state index contributed by atoms with van der Waals surface area (Å²) in [6.45, 7) is 6.95. The number of ether oxygens (including phenoxy) is 3. The summed E-state index contributed by atoms with van der Waals surface area (Å²) in [6.07, 6.45) is 8.05. The molecule has 3 rings (SSSR count). The van der Waals surface area contributed by atoms with E-state index in [1.165, 1.54) is 6.42 Å². The average Bonchev–Trinajstić information content (AvgIpc) is 2.72. The Balaban J connectivity index is 1.45. The van der Waals surface area contributed by atoms with Crippen molar-refractivity contribution < 1.29 is 19.0 Å². The van der Waals surface area contributed by atoms with Crippen molar-refractivity contribution in [3.8, 4) is 11.1 Å². The van der Waals surface area contributed by atoms with Crippen LogP contribution in [0.4, 0.5) is 10.5 Å². The third kappa shape index (κ3) is 7.39. The number of hydrogen-bond acceptors (Lipinski definition) is 6. The second kappa shape index (κ2) is 10.5. The first-order valence-corrected chi connectivity index (χ1v) is 10.5. The van der Waals surface area contributed by atoms with E-state index < -0.39 is 11.7 Å². The summed E-state index contributed by atoms with van der Waals surface area (Å²) < 4.78 is 16.6. The lowest BCUT2D eigenvalue weighted by atomic mass is 10.1. The molecule has 1 atom stereocenters. The van der Waals surface area contributed by atoms with Crippen LogP contribution in [0.1, 0.15) is 52.3 Å². The Hall–Kier alpha value is -2.51.